The third kappa shape index (κ3) is 5.81. The Morgan fingerprint density at radius 2 is 2.11 bits per heavy atom. The van der Waals surface area contributed by atoms with Gasteiger partial charge in [-0.05, 0) is 33.3 Å². The van der Waals surface area contributed by atoms with Crippen molar-refractivity contribution in [1.29, 1.82) is 0 Å². The number of nitrogens with one attached hydrogen (secondary N) is 2. The molecular weight excluding hydrogens is 240 g/mol. The molecule has 108 valence electrons. The first kappa shape index (κ1) is 15.6. The standard InChI is InChI=1S/C15H26N2O2/c1-5-6-7-8-11(2)17-15(18)16-10-14-9-12(3)19-13(14)4/h9,11H,5-8,10H2,1-4H3,(H2,16,17,18). The minimum Gasteiger partial charge on any atom is -0.466 e. The smallest absolute Gasteiger partial charge is 0.315 e. The SMILES string of the molecule is CCCCCC(C)NC(=O)NCc1cc(C)oc1C. The number of furan rings is 1. The summed E-state index contributed by atoms with van der Waals surface area (Å²) in [4.78, 5) is 11.7. The van der Waals surface area contributed by atoms with Crippen molar-refractivity contribution in [2.45, 2.75) is 66.0 Å². The van der Waals surface area contributed by atoms with Gasteiger partial charge in [-0.2, -0.15) is 0 Å². The molecular formula is C15H26N2O2. The van der Waals surface area contributed by atoms with E-state index in [0.717, 1.165) is 29.9 Å². The average molecular weight is 266 g/mol. The molecule has 1 rings (SSSR count). The average Bonchev–Trinajstić information content (AvgIpc) is 2.65. The first-order chi connectivity index (χ1) is 9.02. The molecule has 2 amide bonds. The number of rotatable bonds is 7. The first-order valence-corrected chi connectivity index (χ1v) is 7.13. The van der Waals surface area contributed by atoms with Gasteiger partial charge in [0.15, 0.2) is 0 Å². The molecule has 4 nitrogen and oxygen atoms in total. The summed E-state index contributed by atoms with van der Waals surface area (Å²) in [7, 11) is 0. The highest BCUT2D eigenvalue weighted by Crippen LogP contribution is 2.13. The molecule has 0 radical (unpaired) electrons. The van der Waals surface area contributed by atoms with Crippen LogP contribution in [0.25, 0.3) is 0 Å². The number of hydrogen-bond donors (Lipinski definition) is 2. The van der Waals surface area contributed by atoms with Gasteiger partial charge in [0.05, 0.1) is 0 Å². The Labute approximate surface area is 116 Å². The van der Waals surface area contributed by atoms with Crippen LogP contribution in [0.2, 0.25) is 0 Å². The summed E-state index contributed by atoms with van der Waals surface area (Å²) in [5, 5.41) is 5.82. The van der Waals surface area contributed by atoms with Gasteiger partial charge in [-0.15, -0.1) is 0 Å². The largest absolute Gasteiger partial charge is 0.466 e. The Bertz CT molecular complexity index is 399. The van der Waals surface area contributed by atoms with Crippen LogP contribution in [0.3, 0.4) is 0 Å². The molecule has 1 aromatic rings. The predicted octanol–water partition coefficient (Wildman–Crippen LogP) is 3.66. The second-order valence-corrected chi connectivity index (χ2v) is 5.16. The van der Waals surface area contributed by atoms with Crippen molar-refractivity contribution in [2.75, 3.05) is 0 Å². The maximum Gasteiger partial charge on any atom is 0.315 e. The van der Waals surface area contributed by atoms with Crippen LogP contribution in [0.15, 0.2) is 10.5 Å². The maximum atomic E-state index is 11.7. The number of amides is 2. The molecule has 0 aromatic carbocycles. The van der Waals surface area contributed by atoms with Gasteiger partial charge in [-0.3, -0.25) is 0 Å². The normalized spacial score (nSPS) is 12.2. The molecule has 1 aromatic heterocycles. The molecule has 0 spiro atoms. The maximum absolute atomic E-state index is 11.7. The molecule has 0 bridgehead atoms. The summed E-state index contributed by atoms with van der Waals surface area (Å²) in [5.74, 6) is 1.75. The van der Waals surface area contributed by atoms with Gasteiger partial charge < -0.3 is 15.1 Å². The zero-order chi connectivity index (χ0) is 14.3. The Morgan fingerprint density at radius 3 is 2.68 bits per heavy atom. The molecule has 19 heavy (non-hydrogen) atoms. The van der Waals surface area contributed by atoms with Crippen molar-refractivity contribution in [3.63, 3.8) is 0 Å². The van der Waals surface area contributed by atoms with Crippen LogP contribution in [0.5, 0.6) is 0 Å². The fraction of sp³-hybridized carbons (Fsp3) is 0.667. The van der Waals surface area contributed by atoms with Gasteiger partial charge in [0, 0.05) is 18.2 Å². The number of aryl methyl sites for hydroxylation is 2. The van der Waals surface area contributed by atoms with Crippen LogP contribution >= 0.6 is 0 Å². The Morgan fingerprint density at radius 1 is 1.37 bits per heavy atom. The molecule has 0 fully saturated rings. The lowest BCUT2D eigenvalue weighted by Gasteiger charge is -2.14. The zero-order valence-electron chi connectivity index (χ0n) is 12.5. The number of carbonyl (C=O) groups is 1. The lowest BCUT2D eigenvalue weighted by Crippen LogP contribution is -2.40. The number of unbranched alkanes of at least 4 members (excludes halogenated alkanes) is 2. The van der Waals surface area contributed by atoms with Gasteiger partial charge in [0.2, 0.25) is 0 Å². The van der Waals surface area contributed by atoms with E-state index in [2.05, 4.69) is 17.6 Å². The Balaban J connectivity index is 2.26. The zero-order valence-corrected chi connectivity index (χ0v) is 12.5. The lowest BCUT2D eigenvalue weighted by molar-refractivity contribution is 0.236. The summed E-state index contributed by atoms with van der Waals surface area (Å²) < 4.78 is 5.42. The van der Waals surface area contributed by atoms with Crippen molar-refractivity contribution in [2.24, 2.45) is 0 Å². The predicted molar refractivity (Wildman–Crippen MR) is 77.2 cm³/mol. The molecule has 0 aliphatic carbocycles. The summed E-state index contributed by atoms with van der Waals surface area (Å²) >= 11 is 0. The molecule has 0 aliphatic heterocycles. The Kier molecular flexibility index (Phi) is 6.46. The fourth-order valence-corrected chi connectivity index (χ4v) is 2.08. The van der Waals surface area contributed by atoms with Crippen LogP contribution < -0.4 is 10.6 Å². The lowest BCUT2D eigenvalue weighted by atomic mass is 10.1. The van der Waals surface area contributed by atoms with Gasteiger partial charge in [-0.25, -0.2) is 4.79 Å². The third-order valence-corrected chi connectivity index (χ3v) is 3.20. The molecule has 0 saturated heterocycles. The van der Waals surface area contributed by atoms with E-state index in [1.54, 1.807) is 0 Å². The quantitative estimate of drug-likeness (QED) is 0.740. The highest BCUT2D eigenvalue weighted by Gasteiger charge is 2.09. The minimum atomic E-state index is -0.109. The summed E-state index contributed by atoms with van der Waals surface area (Å²) in [5.41, 5.74) is 1.03. The highest BCUT2D eigenvalue weighted by atomic mass is 16.3. The molecule has 2 N–H and O–H groups in total. The monoisotopic (exact) mass is 266 g/mol. The Hall–Kier alpha value is -1.45. The first-order valence-electron chi connectivity index (χ1n) is 7.13. The van der Waals surface area contributed by atoms with Gasteiger partial charge >= 0.3 is 6.03 Å². The topological polar surface area (TPSA) is 54.3 Å². The van der Waals surface area contributed by atoms with Gasteiger partial charge in [0.25, 0.3) is 0 Å². The van der Waals surface area contributed by atoms with E-state index >= 15 is 0 Å². The van der Waals surface area contributed by atoms with E-state index in [1.807, 2.05) is 26.8 Å². The summed E-state index contributed by atoms with van der Waals surface area (Å²) in [6.45, 7) is 8.56. The van der Waals surface area contributed by atoms with Gasteiger partial charge in [0.1, 0.15) is 11.5 Å². The minimum absolute atomic E-state index is 0.109. The molecule has 0 saturated carbocycles. The number of carbonyl (C=O) groups excluding carboxylic acids is 1. The molecule has 4 heteroatoms. The van der Waals surface area contributed by atoms with Gasteiger partial charge in [-0.1, -0.05) is 26.2 Å². The second kappa shape index (κ2) is 7.87. The third-order valence-electron chi connectivity index (χ3n) is 3.20. The van der Waals surface area contributed by atoms with E-state index in [9.17, 15) is 4.79 Å². The van der Waals surface area contributed by atoms with Crippen molar-refractivity contribution >= 4 is 6.03 Å². The van der Waals surface area contributed by atoms with E-state index in [-0.39, 0.29) is 12.1 Å². The fourth-order valence-electron chi connectivity index (χ4n) is 2.08. The van der Waals surface area contributed by atoms with Crippen LogP contribution in [-0.2, 0) is 6.54 Å². The molecule has 0 aliphatic rings. The van der Waals surface area contributed by atoms with E-state index in [1.165, 1.54) is 12.8 Å². The molecule has 1 atom stereocenters. The van der Waals surface area contributed by atoms with Crippen molar-refractivity contribution < 1.29 is 9.21 Å². The van der Waals surface area contributed by atoms with E-state index in [4.69, 9.17) is 4.42 Å². The van der Waals surface area contributed by atoms with E-state index in [0.29, 0.717) is 6.54 Å². The van der Waals surface area contributed by atoms with Crippen LogP contribution in [0, 0.1) is 13.8 Å². The molecule has 1 heterocycles. The summed E-state index contributed by atoms with van der Waals surface area (Å²) in [6, 6.07) is 2.07. The van der Waals surface area contributed by atoms with Crippen LogP contribution in [-0.4, -0.2) is 12.1 Å². The van der Waals surface area contributed by atoms with Crippen LogP contribution in [0.4, 0.5) is 4.79 Å². The van der Waals surface area contributed by atoms with Crippen LogP contribution in [0.1, 0.15) is 56.6 Å². The second-order valence-electron chi connectivity index (χ2n) is 5.16. The van der Waals surface area contributed by atoms with Crippen molar-refractivity contribution in [1.82, 2.24) is 10.6 Å². The van der Waals surface area contributed by atoms with Crippen molar-refractivity contribution in [3.8, 4) is 0 Å². The molecule has 1 unspecified atom stereocenters. The van der Waals surface area contributed by atoms with Crippen molar-refractivity contribution in [3.05, 3.63) is 23.2 Å². The number of hydrogen-bond acceptors (Lipinski definition) is 2. The van der Waals surface area contributed by atoms with E-state index < -0.39 is 0 Å². The highest BCUT2D eigenvalue weighted by molar-refractivity contribution is 5.74. The summed E-state index contributed by atoms with van der Waals surface area (Å²) in [6.07, 6.45) is 4.63. The number of urea groups is 1.